The largest absolute Gasteiger partial charge is 0.379 e. The molecule has 35 heavy (non-hydrogen) atoms. The Morgan fingerprint density at radius 3 is 2.54 bits per heavy atom. The van der Waals surface area contributed by atoms with E-state index < -0.39 is 22.6 Å². The molecule has 2 fully saturated rings. The molecule has 0 saturated carbocycles. The van der Waals surface area contributed by atoms with Gasteiger partial charge in [-0.3, -0.25) is 9.80 Å². The molecule has 2 saturated heterocycles. The third-order valence-electron chi connectivity index (χ3n) is 6.98. The third-order valence-corrected chi connectivity index (χ3v) is 8.70. The second kappa shape index (κ2) is 8.88. The lowest BCUT2D eigenvalue weighted by molar-refractivity contribution is -0.0626. The zero-order chi connectivity index (χ0) is 24.2. The van der Waals surface area contributed by atoms with Gasteiger partial charge in [0, 0.05) is 32.7 Å². The van der Waals surface area contributed by atoms with E-state index in [9.17, 15) is 18.3 Å². The molecule has 2 atom stereocenters. The summed E-state index contributed by atoms with van der Waals surface area (Å²) in [6, 6.07) is 15.0. The van der Waals surface area contributed by atoms with Crippen LogP contribution in [0.2, 0.25) is 0 Å². The van der Waals surface area contributed by atoms with Crippen molar-refractivity contribution in [2.45, 2.75) is 29.6 Å². The van der Waals surface area contributed by atoms with E-state index in [2.05, 4.69) is 4.90 Å². The summed E-state index contributed by atoms with van der Waals surface area (Å²) in [6.45, 7) is 3.76. The van der Waals surface area contributed by atoms with Crippen LogP contribution in [0, 0.1) is 0 Å². The van der Waals surface area contributed by atoms with Crippen molar-refractivity contribution in [3.8, 4) is 16.9 Å². The Morgan fingerprint density at radius 2 is 1.83 bits per heavy atom. The van der Waals surface area contributed by atoms with E-state index in [-0.39, 0.29) is 5.75 Å². The predicted molar refractivity (Wildman–Crippen MR) is 129 cm³/mol. The smallest absolute Gasteiger partial charge is 0.253 e. The van der Waals surface area contributed by atoms with Gasteiger partial charge >= 0.3 is 0 Å². The number of likely N-dealkylation sites (tertiary alicyclic amines) is 1. The highest BCUT2D eigenvalue weighted by molar-refractivity contribution is 7.97. The molecule has 0 radical (unpaired) electrons. The van der Waals surface area contributed by atoms with Crippen molar-refractivity contribution in [1.29, 1.82) is 0 Å². The summed E-state index contributed by atoms with van der Waals surface area (Å²) >= 11 is 0. The number of aliphatic hydroxyl groups is 1. The average molecular weight is 500 g/mol. The summed E-state index contributed by atoms with van der Waals surface area (Å²) in [7, 11) is -3.33. The first-order valence-corrected chi connectivity index (χ1v) is 13.5. The van der Waals surface area contributed by atoms with Crippen molar-refractivity contribution in [2.75, 3.05) is 39.4 Å². The van der Waals surface area contributed by atoms with Crippen LogP contribution in [-0.2, 0) is 31.5 Å². The molecule has 1 aromatic heterocycles. The summed E-state index contributed by atoms with van der Waals surface area (Å²) < 4.78 is 44.5. The number of ether oxygens (including phenoxy) is 1. The maximum absolute atomic E-state index is 13.3. The van der Waals surface area contributed by atoms with Gasteiger partial charge in [-0.1, -0.05) is 28.5 Å². The molecule has 0 amide bonds. The summed E-state index contributed by atoms with van der Waals surface area (Å²) in [6.07, 6.45) is -1.74. The lowest BCUT2D eigenvalue weighted by Gasteiger charge is -2.34. The molecule has 2 aromatic carbocycles. The maximum Gasteiger partial charge on any atom is 0.253 e. The summed E-state index contributed by atoms with van der Waals surface area (Å²) in [5.41, 5.74) is 4.23. The second-order valence-electron chi connectivity index (χ2n) is 9.38. The van der Waals surface area contributed by atoms with Gasteiger partial charge in [0.2, 0.25) is 0 Å². The normalized spacial score (nSPS) is 24.0. The number of rotatable bonds is 5. The lowest BCUT2D eigenvalue weighted by Crippen LogP contribution is -2.47. The van der Waals surface area contributed by atoms with Gasteiger partial charge in [-0.05, 0) is 29.8 Å². The van der Waals surface area contributed by atoms with Crippen LogP contribution in [0.3, 0.4) is 0 Å². The zero-order valence-electron chi connectivity index (χ0n) is 19.2. The highest BCUT2D eigenvalue weighted by Gasteiger charge is 2.44. The Kier molecular flexibility index (Phi) is 5.82. The van der Waals surface area contributed by atoms with Gasteiger partial charge in [-0.25, -0.2) is 9.07 Å². The van der Waals surface area contributed by atoms with E-state index in [1.807, 2.05) is 41.3 Å². The highest BCUT2D eigenvalue weighted by Crippen LogP contribution is 2.44. The van der Waals surface area contributed by atoms with Crippen LogP contribution >= 0.6 is 0 Å². The second-order valence-corrected chi connectivity index (χ2v) is 11.4. The predicted octanol–water partition coefficient (Wildman–Crippen LogP) is 2.86. The third kappa shape index (κ3) is 4.14. The van der Waals surface area contributed by atoms with Gasteiger partial charge < -0.3 is 9.84 Å². The Balaban J connectivity index is 1.43. The lowest BCUT2D eigenvalue weighted by atomic mass is 10.0. The number of hydrogen-bond acceptors (Lipinski definition) is 6. The van der Waals surface area contributed by atoms with Gasteiger partial charge in [0.25, 0.3) is 10.2 Å². The maximum atomic E-state index is 13.3. The molecular weight excluding hydrogens is 471 g/mol. The fourth-order valence-electron chi connectivity index (χ4n) is 5.13. The fraction of sp³-hybridized carbons (Fsp3) is 0.400. The van der Waals surface area contributed by atoms with Gasteiger partial charge in [0.15, 0.2) is 16.9 Å². The Morgan fingerprint density at radius 1 is 1.11 bits per heavy atom. The zero-order valence-corrected chi connectivity index (χ0v) is 20.0. The minimum Gasteiger partial charge on any atom is -0.379 e. The van der Waals surface area contributed by atoms with Crippen LogP contribution < -0.4 is 0 Å². The van der Waals surface area contributed by atoms with E-state index in [4.69, 9.17) is 9.84 Å². The molecule has 0 bridgehead atoms. The van der Waals surface area contributed by atoms with Crippen LogP contribution in [0.25, 0.3) is 16.9 Å². The molecule has 6 rings (SSSR count). The van der Waals surface area contributed by atoms with Crippen LogP contribution in [0.4, 0.5) is 4.39 Å². The molecule has 8 nitrogen and oxygen atoms in total. The molecule has 2 unspecified atom stereocenters. The van der Waals surface area contributed by atoms with Crippen molar-refractivity contribution >= 4 is 10.2 Å². The first-order valence-electron chi connectivity index (χ1n) is 11.8. The number of fused-ring (bicyclic) bond motifs is 3. The SMILES string of the molecule is O=[S+]1(O)Cc2c(C(O)N3CCOCC3)nn(-c3ccc(CN4CC(F)C4)cc3)c2-c2ccccc21. The highest BCUT2D eigenvalue weighted by atomic mass is 32.3. The van der Waals surface area contributed by atoms with E-state index in [0.29, 0.717) is 67.7 Å². The molecule has 3 aliphatic rings. The summed E-state index contributed by atoms with van der Waals surface area (Å²) in [4.78, 5) is 4.32. The standard InChI is InChI=1S/C25H27FN4O4S/c26-18-14-28(15-18)13-17-5-7-19(8-6-17)30-24-20-3-1-2-4-22(20)35(32,33)16-21(24)23(27-30)25(31)29-9-11-34-12-10-29/h1-8,18,25,31H,9-16H2/p+1. The van der Waals surface area contributed by atoms with E-state index in [1.165, 1.54) is 0 Å². The summed E-state index contributed by atoms with van der Waals surface area (Å²) in [5, 5.41) is 16.1. The van der Waals surface area contributed by atoms with Gasteiger partial charge in [0.05, 0.1) is 35.7 Å². The number of aromatic nitrogens is 2. The molecular formula is C25H28FN4O4S+. The van der Waals surface area contributed by atoms with Crippen LogP contribution in [0.1, 0.15) is 23.0 Å². The molecule has 184 valence electrons. The first kappa shape index (κ1) is 23.0. The first-order chi connectivity index (χ1) is 16.9. The van der Waals surface area contributed by atoms with Crippen molar-refractivity contribution in [3.63, 3.8) is 0 Å². The number of hydrogen-bond donors (Lipinski definition) is 2. The topological polar surface area (TPSA) is 91.1 Å². The van der Waals surface area contributed by atoms with Gasteiger partial charge in [-0.15, -0.1) is 0 Å². The number of nitrogens with zero attached hydrogens (tertiary/aromatic N) is 4. The molecule has 4 heterocycles. The minimum absolute atomic E-state index is 0.104. The molecule has 0 spiro atoms. The summed E-state index contributed by atoms with van der Waals surface area (Å²) in [5.74, 6) is -0.104. The van der Waals surface area contributed by atoms with Crippen LogP contribution in [0.5, 0.6) is 0 Å². The quantitative estimate of drug-likeness (QED) is 0.522. The minimum atomic E-state index is -3.33. The molecule has 3 aromatic rings. The van der Waals surface area contributed by atoms with Gasteiger partial charge in [-0.2, -0.15) is 9.65 Å². The Bertz CT molecular complexity index is 1290. The molecule has 3 aliphatic heterocycles. The van der Waals surface area contributed by atoms with Gasteiger partial charge in [0.1, 0.15) is 11.9 Å². The Hall–Kier alpha value is -2.47. The number of morpholine rings is 1. The molecule has 10 heteroatoms. The average Bonchev–Trinajstić information content (AvgIpc) is 3.22. The van der Waals surface area contributed by atoms with Crippen LogP contribution in [-0.4, -0.2) is 74.8 Å². The number of benzene rings is 2. The van der Waals surface area contributed by atoms with Crippen molar-refractivity contribution < 1.29 is 23.0 Å². The van der Waals surface area contributed by atoms with Crippen molar-refractivity contribution in [3.05, 3.63) is 65.4 Å². The van der Waals surface area contributed by atoms with E-state index in [1.54, 1.807) is 16.8 Å². The van der Waals surface area contributed by atoms with Crippen molar-refractivity contribution in [2.24, 2.45) is 0 Å². The Labute approximate surface area is 204 Å². The van der Waals surface area contributed by atoms with Crippen molar-refractivity contribution in [1.82, 2.24) is 19.6 Å². The number of aliphatic hydroxyl groups excluding tert-OH is 1. The fourth-order valence-corrected chi connectivity index (χ4v) is 6.76. The monoisotopic (exact) mass is 499 g/mol. The van der Waals surface area contributed by atoms with E-state index in [0.717, 1.165) is 16.9 Å². The number of alkyl halides is 1. The van der Waals surface area contributed by atoms with E-state index >= 15 is 0 Å². The van der Waals surface area contributed by atoms with Crippen LogP contribution in [0.15, 0.2) is 53.4 Å². The molecule has 0 aliphatic carbocycles. The number of halogens is 1. The molecule has 2 N–H and O–H groups in total.